The summed E-state index contributed by atoms with van der Waals surface area (Å²) in [5.41, 5.74) is 10.6. The van der Waals surface area contributed by atoms with E-state index in [2.05, 4.69) is 44.2 Å². The summed E-state index contributed by atoms with van der Waals surface area (Å²) in [6.45, 7) is 5.53. The molecule has 2 nitrogen and oxygen atoms in total. The van der Waals surface area contributed by atoms with Gasteiger partial charge in [-0.1, -0.05) is 30.3 Å². The molecule has 0 aromatic heterocycles. The number of ether oxygens (including phenoxy) is 1. The second-order valence-electron chi connectivity index (χ2n) is 4.85. The van der Waals surface area contributed by atoms with Crippen molar-refractivity contribution in [2.75, 3.05) is 6.54 Å². The highest BCUT2D eigenvalue weighted by atomic mass is 16.5. The van der Waals surface area contributed by atoms with Gasteiger partial charge >= 0.3 is 0 Å². The lowest BCUT2D eigenvalue weighted by Gasteiger charge is -2.12. The van der Waals surface area contributed by atoms with Gasteiger partial charge in [-0.3, -0.25) is 0 Å². The standard InChI is InChI=1S/C17H21NO/c1-13-5-3-6-14(2)17(13)12-19-16-8-4-7-15(11-16)9-10-18/h3-8,11H,9-10,12,18H2,1-2H3. The molecular weight excluding hydrogens is 234 g/mol. The van der Waals surface area contributed by atoms with Crippen LogP contribution in [-0.2, 0) is 13.0 Å². The van der Waals surface area contributed by atoms with Gasteiger partial charge in [0.25, 0.3) is 0 Å². The van der Waals surface area contributed by atoms with Crippen molar-refractivity contribution >= 4 is 0 Å². The second-order valence-corrected chi connectivity index (χ2v) is 4.85. The van der Waals surface area contributed by atoms with Crippen molar-refractivity contribution in [1.29, 1.82) is 0 Å². The zero-order chi connectivity index (χ0) is 13.7. The zero-order valence-electron chi connectivity index (χ0n) is 11.6. The first-order valence-corrected chi connectivity index (χ1v) is 6.67. The quantitative estimate of drug-likeness (QED) is 0.889. The van der Waals surface area contributed by atoms with Crippen LogP contribution < -0.4 is 10.5 Å². The van der Waals surface area contributed by atoms with E-state index in [-0.39, 0.29) is 0 Å². The fraction of sp³-hybridized carbons (Fsp3) is 0.294. The minimum atomic E-state index is 0.616. The average Bonchev–Trinajstić information content (AvgIpc) is 2.39. The molecule has 0 fully saturated rings. The molecule has 2 N–H and O–H groups in total. The molecule has 0 aliphatic carbocycles. The van der Waals surface area contributed by atoms with Crippen LogP contribution in [0.2, 0.25) is 0 Å². The molecule has 19 heavy (non-hydrogen) atoms. The third-order valence-electron chi connectivity index (χ3n) is 3.36. The van der Waals surface area contributed by atoms with E-state index in [4.69, 9.17) is 10.5 Å². The van der Waals surface area contributed by atoms with E-state index in [0.29, 0.717) is 13.2 Å². The van der Waals surface area contributed by atoms with Gasteiger partial charge < -0.3 is 10.5 Å². The third-order valence-corrected chi connectivity index (χ3v) is 3.36. The first-order valence-electron chi connectivity index (χ1n) is 6.67. The highest BCUT2D eigenvalue weighted by Gasteiger charge is 2.03. The van der Waals surface area contributed by atoms with Crippen LogP contribution in [0.25, 0.3) is 0 Å². The van der Waals surface area contributed by atoms with Gasteiger partial charge in [-0.2, -0.15) is 0 Å². The summed E-state index contributed by atoms with van der Waals surface area (Å²) >= 11 is 0. The van der Waals surface area contributed by atoms with E-state index in [1.165, 1.54) is 22.3 Å². The minimum Gasteiger partial charge on any atom is -0.489 e. The van der Waals surface area contributed by atoms with Gasteiger partial charge in [0.15, 0.2) is 0 Å². The Kier molecular flexibility index (Phi) is 4.58. The summed E-state index contributed by atoms with van der Waals surface area (Å²) in [7, 11) is 0. The van der Waals surface area contributed by atoms with E-state index in [9.17, 15) is 0 Å². The molecule has 0 unspecified atom stereocenters. The number of rotatable bonds is 5. The van der Waals surface area contributed by atoms with E-state index < -0.39 is 0 Å². The molecule has 0 saturated carbocycles. The monoisotopic (exact) mass is 255 g/mol. The second kappa shape index (κ2) is 6.39. The first kappa shape index (κ1) is 13.6. The molecule has 0 bridgehead atoms. The summed E-state index contributed by atoms with van der Waals surface area (Å²) in [6, 6.07) is 14.5. The molecule has 0 heterocycles. The molecule has 2 heteroatoms. The van der Waals surface area contributed by atoms with E-state index in [1.54, 1.807) is 0 Å². The van der Waals surface area contributed by atoms with Crippen molar-refractivity contribution in [3.8, 4) is 5.75 Å². The molecule has 0 spiro atoms. The molecule has 0 saturated heterocycles. The third kappa shape index (κ3) is 3.58. The van der Waals surface area contributed by atoms with Crippen molar-refractivity contribution < 1.29 is 4.74 Å². The Bertz CT molecular complexity index is 528. The topological polar surface area (TPSA) is 35.2 Å². The first-order chi connectivity index (χ1) is 9.20. The van der Waals surface area contributed by atoms with E-state index >= 15 is 0 Å². The van der Waals surface area contributed by atoms with Gasteiger partial charge in [0.1, 0.15) is 12.4 Å². The van der Waals surface area contributed by atoms with Crippen LogP contribution >= 0.6 is 0 Å². The van der Waals surface area contributed by atoms with Crippen molar-refractivity contribution in [2.24, 2.45) is 5.73 Å². The van der Waals surface area contributed by atoms with Crippen LogP contribution in [0.1, 0.15) is 22.3 Å². The Balaban J connectivity index is 2.08. The maximum Gasteiger partial charge on any atom is 0.120 e. The normalized spacial score (nSPS) is 10.5. The summed E-state index contributed by atoms with van der Waals surface area (Å²) in [6.07, 6.45) is 0.889. The molecular formula is C17H21NO. The van der Waals surface area contributed by atoms with E-state index in [1.807, 2.05) is 12.1 Å². The highest BCUT2D eigenvalue weighted by molar-refractivity contribution is 5.34. The van der Waals surface area contributed by atoms with Gasteiger partial charge in [0, 0.05) is 0 Å². The molecule has 100 valence electrons. The Morgan fingerprint density at radius 2 is 1.68 bits per heavy atom. The summed E-state index contributed by atoms with van der Waals surface area (Å²) in [5.74, 6) is 0.911. The maximum atomic E-state index is 5.90. The van der Waals surface area contributed by atoms with Crippen molar-refractivity contribution in [3.63, 3.8) is 0 Å². The summed E-state index contributed by atoms with van der Waals surface area (Å²) < 4.78 is 5.90. The molecule has 0 aliphatic rings. The van der Waals surface area contributed by atoms with Crippen LogP contribution in [0.5, 0.6) is 5.75 Å². The molecule has 2 aromatic rings. The fourth-order valence-corrected chi connectivity index (χ4v) is 2.19. The smallest absolute Gasteiger partial charge is 0.120 e. The Morgan fingerprint density at radius 3 is 2.37 bits per heavy atom. The van der Waals surface area contributed by atoms with Crippen molar-refractivity contribution in [2.45, 2.75) is 26.9 Å². The Labute approximate surface area is 115 Å². The fourth-order valence-electron chi connectivity index (χ4n) is 2.19. The molecule has 0 atom stereocenters. The number of hydrogen-bond donors (Lipinski definition) is 1. The van der Waals surface area contributed by atoms with Crippen molar-refractivity contribution in [3.05, 3.63) is 64.7 Å². The number of nitrogens with two attached hydrogens (primary N) is 1. The SMILES string of the molecule is Cc1cccc(C)c1COc1cccc(CCN)c1. The minimum absolute atomic E-state index is 0.616. The van der Waals surface area contributed by atoms with Gasteiger partial charge in [-0.05, 0) is 61.2 Å². The lowest BCUT2D eigenvalue weighted by Crippen LogP contribution is -2.03. The lowest BCUT2D eigenvalue weighted by molar-refractivity contribution is 0.304. The summed E-state index contributed by atoms with van der Waals surface area (Å²) in [4.78, 5) is 0. The van der Waals surface area contributed by atoms with E-state index in [0.717, 1.165) is 12.2 Å². The largest absolute Gasteiger partial charge is 0.489 e. The van der Waals surface area contributed by atoms with Crippen LogP contribution in [-0.4, -0.2) is 6.54 Å². The number of benzene rings is 2. The van der Waals surface area contributed by atoms with Gasteiger partial charge in [0.2, 0.25) is 0 Å². The van der Waals surface area contributed by atoms with Crippen LogP contribution in [0.15, 0.2) is 42.5 Å². The van der Waals surface area contributed by atoms with Crippen molar-refractivity contribution in [1.82, 2.24) is 0 Å². The molecule has 0 radical (unpaired) electrons. The molecule has 2 aromatic carbocycles. The predicted octanol–water partition coefficient (Wildman–Crippen LogP) is 3.38. The van der Waals surface area contributed by atoms with Crippen LogP contribution in [0.3, 0.4) is 0 Å². The average molecular weight is 255 g/mol. The highest BCUT2D eigenvalue weighted by Crippen LogP contribution is 2.18. The molecule has 0 amide bonds. The molecule has 2 rings (SSSR count). The lowest BCUT2D eigenvalue weighted by atomic mass is 10.0. The Hall–Kier alpha value is -1.80. The maximum absolute atomic E-state index is 5.90. The molecule has 0 aliphatic heterocycles. The van der Waals surface area contributed by atoms with Crippen LogP contribution in [0, 0.1) is 13.8 Å². The van der Waals surface area contributed by atoms with Gasteiger partial charge in [-0.25, -0.2) is 0 Å². The predicted molar refractivity (Wildman–Crippen MR) is 79.4 cm³/mol. The number of aryl methyl sites for hydroxylation is 2. The van der Waals surface area contributed by atoms with Gasteiger partial charge in [0.05, 0.1) is 0 Å². The Morgan fingerprint density at radius 1 is 1.00 bits per heavy atom. The van der Waals surface area contributed by atoms with Crippen LogP contribution in [0.4, 0.5) is 0 Å². The van der Waals surface area contributed by atoms with Gasteiger partial charge in [-0.15, -0.1) is 0 Å². The summed E-state index contributed by atoms with van der Waals surface area (Å²) in [5, 5.41) is 0. The number of hydrogen-bond acceptors (Lipinski definition) is 2. The zero-order valence-corrected chi connectivity index (χ0v) is 11.6.